The van der Waals surface area contributed by atoms with E-state index in [4.69, 9.17) is 5.73 Å². The van der Waals surface area contributed by atoms with Crippen molar-refractivity contribution in [3.05, 3.63) is 33.8 Å². The highest BCUT2D eigenvalue weighted by atomic mass is 79.9. The van der Waals surface area contributed by atoms with Gasteiger partial charge in [0, 0.05) is 17.1 Å². The molecule has 0 spiro atoms. The molecule has 4 heteroatoms. The Morgan fingerprint density at radius 2 is 2.29 bits per heavy atom. The minimum Gasteiger partial charge on any atom is -0.348 e. The number of rotatable bonds is 4. The Morgan fingerprint density at radius 3 is 2.88 bits per heavy atom. The van der Waals surface area contributed by atoms with Crippen molar-refractivity contribution in [1.29, 1.82) is 0 Å². The predicted molar refractivity (Wildman–Crippen MR) is 71.9 cm³/mol. The SMILES string of the molecule is Cc1ccc(Br)c(C(=O)NC(CN)C2CC2)c1. The molecule has 1 amide bonds. The van der Waals surface area contributed by atoms with E-state index in [0.29, 0.717) is 18.0 Å². The van der Waals surface area contributed by atoms with E-state index in [2.05, 4.69) is 21.2 Å². The number of aryl methyl sites for hydroxylation is 1. The van der Waals surface area contributed by atoms with Crippen molar-refractivity contribution in [3.8, 4) is 0 Å². The molecule has 1 unspecified atom stereocenters. The Balaban J connectivity index is 2.10. The molecule has 1 aromatic carbocycles. The van der Waals surface area contributed by atoms with Crippen molar-refractivity contribution >= 4 is 21.8 Å². The minimum atomic E-state index is -0.0390. The van der Waals surface area contributed by atoms with Crippen LogP contribution in [0.25, 0.3) is 0 Å². The zero-order valence-corrected chi connectivity index (χ0v) is 11.5. The Kier molecular flexibility index (Phi) is 3.84. The third kappa shape index (κ3) is 3.07. The van der Waals surface area contributed by atoms with Gasteiger partial charge in [-0.2, -0.15) is 0 Å². The highest BCUT2D eigenvalue weighted by Gasteiger charge is 2.31. The van der Waals surface area contributed by atoms with Crippen LogP contribution in [-0.4, -0.2) is 18.5 Å². The molecule has 0 aliphatic heterocycles. The number of benzene rings is 1. The number of nitrogens with one attached hydrogen (secondary N) is 1. The van der Waals surface area contributed by atoms with Crippen LogP contribution >= 0.6 is 15.9 Å². The Labute approximate surface area is 110 Å². The molecule has 3 nitrogen and oxygen atoms in total. The minimum absolute atomic E-state index is 0.0390. The zero-order valence-electron chi connectivity index (χ0n) is 9.87. The van der Waals surface area contributed by atoms with Gasteiger partial charge < -0.3 is 11.1 Å². The predicted octanol–water partition coefficient (Wildman–Crippen LogP) is 2.22. The first kappa shape index (κ1) is 12.6. The number of carbonyl (C=O) groups is 1. The average molecular weight is 297 g/mol. The summed E-state index contributed by atoms with van der Waals surface area (Å²) in [6.45, 7) is 2.49. The fraction of sp³-hybridized carbons (Fsp3) is 0.462. The van der Waals surface area contributed by atoms with Crippen molar-refractivity contribution in [1.82, 2.24) is 5.32 Å². The van der Waals surface area contributed by atoms with Crippen LogP contribution in [-0.2, 0) is 0 Å². The fourth-order valence-corrected chi connectivity index (χ4v) is 2.35. The van der Waals surface area contributed by atoms with Crippen molar-refractivity contribution < 1.29 is 4.79 Å². The topological polar surface area (TPSA) is 55.1 Å². The smallest absolute Gasteiger partial charge is 0.252 e. The van der Waals surface area contributed by atoms with Gasteiger partial charge >= 0.3 is 0 Å². The summed E-state index contributed by atoms with van der Waals surface area (Å²) in [5, 5.41) is 3.02. The maximum Gasteiger partial charge on any atom is 0.252 e. The van der Waals surface area contributed by atoms with E-state index in [9.17, 15) is 4.79 Å². The molecular weight excluding hydrogens is 280 g/mol. The molecule has 3 N–H and O–H groups in total. The second-order valence-corrected chi connectivity index (χ2v) is 5.49. The van der Waals surface area contributed by atoms with E-state index in [0.717, 1.165) is 10.0 Å². The van der Waals surface area contributed by atoms with Crippen LogP contribution < -0.4 is 11.1 Å². The highest BCUT2D eigenvalue weighted by molar-refractivity contribution is 9.10. The molecule has 1 aliphatic carbocycles. The van der Waals surface area contributed by atoms with Crippen molar-refractivity contribution in [2.24, 2.45) is 11.7 Å². The van der Waals surface area contributed by atoms with Gasteiger partial charge in [-0.15, -0.1) is 0 Å². The summed E-state index contributed by atoms with van der Waals surface area (Å²) < 4.78 is 0.826. The van der Waals surface area contributed by atoms with Gasteiger partial charge in [-0.3, -0.25) is 4.79 Å². The second-order valence-electron chi connectivity index (χ2n) is 4.64. The van der Waals surface area contributed by atoms with Gasteiger partial charge in [-0.1, -0.05) is 11.6 Å². The average Bonchev–Trinajstić information content (AvgIpc) is 3.13. The normalized spacial score (nSPS) is 16.6. The Morgan fingerprint density at radius 1 is 1.59 bits per heavy atom. The number of nitrogens with two attached hydrogens (primary N) is 1. The fourth-order valence-electron chi connectivity index (χ4n) is 1.93. The highest BCUT2D eigenvalue weighted by Crippen LogP contribution is 2.32. The van der Waals surface area contributed by atoms with Crippen molar-refractivity contribution in [2.75, 3.05) is 6.54 Å². The molecule has 0 aromatic heterocycles. The molecule has 1 fully saturated rings. The van der Waals surface area contributed by atoms with Gasteiger partial charge in [0.1, 0.15) is 0 Å². The lowest BCUT2D eigenvalue weighted by Crippen LogP contribution is -2.41. The first-order valence-corrected chi connectivity index (χ1v) is 6.68. The molecule has 0 heterocycles. The van der Waals surface area contributed by atoms with Crippen molar-refractivity contribution in [2.45, 2.75) is 25.8 Å². The lowest BCUT2D eigenvalue weighted by molar-refractivity contribution is 0.0932. The van der Waals surface area contributed by atoms with Gasteiger partial charge in [-0.25, -0.2) is 0 Å². The quantitative estimate of drug-likeness (QED) is 0.895. The summed E-state index contributed by atoms with van der Waals surface area (Å²) in [5.74, 6) is 0.537. The van der Waals surface area contributed by atoms with Gasteiger partial charge in [0.05, 0.1) is 5.56 Å². The summed E-state index contributed by atoms with van der Waals surface area (Å²) in [5.41, 5.74) is 7.44. The third-order valence-electron chi connectivity index (χ3n) is 3.13. The van der Waals surface area contributed by atoms with Crippen LogP contribution in [0.3, 0.4) is 0 Å². The lowest BCUT2D eigenvalue weighted by atomic mass is 10.1. The van der Waals surface area contributed by atoms with Crippen LogP contribution in [0.5, 0.6) is 0 Å². The third-order valence-corrected chi connectivity index (χ3v) is 3.82. The summed E-state index contributed by atoms with van der Waals surface area (Å²) >= 11 is 3.40. The summed E-state index contributed by atoms with van der Waals surface area (Å²) in [6, 6.07) is 5.89. The van der Waals surface area contributed by atoms with E-state index in [-0.39, 0.29) is 11.9 Å². The van der Waals surface area contributed by atoms with E-state index < -0.39 is 0 Å². The first-order valence-electron chi connectivity index (χ1n) is 5.89. The van der Waals surface area contributed by atoms with E-state index >= 15 is 0 Å². The molecule has 0 bridgehead atoms. The van der Waals surface area contributed by atoms with E-state index in [1.165, 1.54) is 12.8 Å². The van der Waals surface area contributed by atoms with Gasteiger partial charge in [0.2, 0.25) is 0 Å². The molecule has 1 saturated carbocycles. The van der Waals surface area contributed by atoms with Crippen LogP contribution in [0.2, 0.25) is 0 Å². The lowest BCUT2D eigenvalue weighted by Gasteiger charge is -2.16. The van der Waals surface area contributed by atoms with Crippen LogP contribution in [0.4, 0.5) is 0 Å². The van der Waals surface area contributed by atoms with E-state index in [1.807, 2.05) is 25.1 Å². The van der Waals surface area contributed by atoms with Crippen LogP contribution in [0, 0.1) is 12.8 Å². The molecule has 1 atom stereocenters. The molecule has 92 valence electrons. The van der Waals surface area contributed by atoms with E-state index in [1.54, 1.807) is 0 Å². The number of hydrogen-bond donors (Lipinski definition) is 2. The largest absolute Gasteiger partial charge is 0.348 e. The number of hydrogen-bond acceptors (Lipinski definition) is 2. The Bertz CT molecular complexity index is 429. The van der Waals surface area contributed by atoms with Gasteiger partial charge in [-0.05, 0) is 53.7 Å². The molecule has 1 aliphatic rings. The Hall–Kier alpha value is -0.870. The molecule has 2 rings (SSSR count). The molecule has 1 aromatic rings. The molecular formula is C13H17BrN2O. The first-order chi connectivity index (χ1) is 8.11. The van der Waals surface area contributed by atoms with Gasteiger partial charge in [0.25, 0.3) is 5.91 Å². The molecule has 17 heavy (non-hydrogen) atoms. The van der Waals surface area contributed by atoms with Crippen LogP contribution in [0.15, 0.2) is 22.7 Å². The number of carbonyl (C=O) groups excluding carboxylic acids is 1. The van der Waals surface area contributed by atoms with Crippen LogP contribution in [0.1, 0.15) is 28.8 Å². The summed E-state index contributed by atoms with van der Waals surface area (Å²) in [6.07, 6.45) is 2.36. The maximum absolute atomic E-state index is 12.1. The number of amides is 1. The van der Waals surface area contributed by atoms with Gasteiger partial charge in [0.15, 0.2) is 0 Å². The second kappa shape index (κ2) is 5.19. The number of halogens is 1. The molecule has 0 radical (unpaired) electrons. The summed E-state index contributed by atoms with van der Waals surface area (Å²) in [4.78, 5) is 12.1. The zero-order chi connectivity index (χ0) is 12.4. The maximum atomic E-state index is 12.1. The summed E-state index contributed by atoms with van der Waals surface area (Å²) in [7, 11) is 0. The molecule has 0 saturated heterocycles. The standard InChI is InChI=1S/C13H17BrN2O/c1-8-2-5-11(14)10(6-8)13(17)16-12(7-15)9-3-4-9/h2,5-6,9,12H,3-4,7,15H2,1H3,(H,16,17). The van der Waals surface area contributed by atoms with Crippen molar-refractivity contribution in [3.63, 3.8) is 0 Å². The monoisotopic (exact) mass is 296 g/mol.